The summed E-state index contributed by atoms with van der Waals surface area (Å²) in [5, 5.41) is 13.5. The number of thiophene rings is 1. The number of carbonyl (C=O) groups is 2. The van der Waals surface area contributed by atoms with Crippen LogP contribution < -0.4 is 5.32 Å². The molecule has 0 aliphatic heterocycles. The number of carboxylic acid groups (broad SMARTS) is 1. The van der Waals surface area contributed by atoms with Crippen LogP contribution in [-0.2, 0) is 16.0 Å². The quantitative estimate of drug-likeness (QED) is 0.876. The van der Waals surface area contributed by atoms with Gasteiger partial charge in [-0.15, -0.1) is 11.3 Å². The minimum absolute atomic E-state index is 0.343. The molecule has 1 atom stereocenters. The molecule has 0 aliphatic rings. The number of carboxylic acids is 1. The molecule has 0 radical (unpaired) electrons. The lowest BCUT2D eigenvalue weighted by Gasteiger charge is -2.22. The fraction of sp³-hybridized carbons (Fsp3) is 0.571. The van der Waals surface area contributed by atoms with Crippen LogP contribution in [-0.4, -0.2) is 28.8 Å². The van der Waals surface area contributed by atoms with E-state index in [0.717, 1.165) is 10.4 Å². The zero-order valence-electron chi connectivity index (χ0n) is 12.2. The van der Waals surface area contributed by atoms with Crippen molar-refractivity contribution in [2.75, 3.05) is 0 Å². The Balaban J connectivity index is 2.55. The summed E-state index contributed by atoms with van der Waals surface area (Å²) in [6.07, 6.45) is 0.263. The van der Waals surface area contributed by atoms with Crippen molar-refractivity contribution in [3.05, 3.63) is 21.9 Å². The third-order valence-electron chi connectivity index (χ3n) is 2.62. The summed E-state index contributed by atoms with van der Waals surface area (Å²) >= 11 is 1.60. The van der Waals surface area contributed by atoms with Crippen LogP contribution in [0.2, 0.25) is 0 Å². The highest BCUT2D eigenvalue weighted by molar-refractivity contribution is 7.10. The van der Waals surface area contributed by atoms with Crippen molar-refractivity contribution in [2.24, 2.45) is 0 Å². The van der Waals surface area contributed by atoms with Crippen LogP contribution in [0.25, 0.3) is 0 Å². The molecule has 0 unspecified atom stereocenters. The van der Waals surface area contributed by atoms with Crippen LogP contribution in [0.15, 0.2) is 11.4 Å². The Morgan fingerprint density at radius 1 is 1.45 bits per heavy atom. The van der Waals surface area contributed by atoms with Gasteiger partial charge in [-0.05, 0) is 57.5 Å². The Kier molecular flexibility index (Phi) is 5.56. The number of aryl methyl sites for hydroxylation is 2. The van der Waals surface area contributed by atoms with Crippen molar-refractivity contribution in [1.82, 2.24) is 5.32 Å². The van der Waals surface area contributed by atoms with Crippen molar-refractivity contribution in [3.8, 4) is 0 Å². The van der Waals surface area contributed by atoms with E-state index in [1.807, 2.05) is 18.4 Å². The molecular weight excluding hydrogens is 278 g/mol. The molecule has 1 heterocycles. The molecule has 5 nitrogen and oxygen atoms in total. The van der Waals surface area contributed by atoms with Crippen LogP contribution in [0.4, 0.5) is 4.79 Å². The first-order valence-corrected chi connectivity index (χ1v) is 7.32. The number of alkyl carbamates (subject to hydrolysis) is 1. The normalized spacial score (nSPS) is 12.8. The van der Waals surface area contributed by atoms with Gasteiger partial charge in [0.1, 0.15) is 11.6 Å². The van der Waals surface area contributed by atoms with Gasteiger partial charge in [0.15, 0.2) is 0 Å². The Morgan fingerprint density at radius 3 is 2.55 bits per heavy atom. The largest absolute Gasteiger partial charge is 0.480 e. The molecule has 0 spiro atoms. The lowest BCUT2D eigenvalue weighted by Crippen LogP contribution is -2.43. The van der Waals surface area contributed by atoms with Crippen molar-refractivity contribution < 1.29 is 19.4 Å². The van der Waals surface area contributed by atoms with E-state index < -0.39 is 23.7 Å². The third kappa shape index (κ3) is 5.61. The number of ether oxygens (including phenoxy) is 1. The number of rotatable bonds is 5. The molecule has 0 aromatic carbocycles. The molecule has 112 valence electrons. The topological polar surface area (TPSA) is 75.6 Å². The number of hydrogen-bond acceptors (Lipinski definition) is 4. The molecule has 1 aromatic heterocycles. The molecule has 0 fully saturated rings. The lowest BCUT2D eigenvalue weighted by atomic mass is 10.1. The molecule has 0 bridgehead atoms. The highest BCUT2D eigenvalue weighted by atomic mass is 32.1. The van der Waals surface area contributed by atoms with Gasteiger partial charge in [0.25, 0.3) is 0 Å². The van der Waals surface area contributed by atoms with Gasteiger partial charge in [-0.25, -0.2) is 9.59 Å². The lowest BCUT2D eigenvalue weighted by molar-refractivity contribution is -0.139. The van der Waals surface area contributed by atoms with Crippen molar-refractivity contribution >= 4 is 23.4 Å². The zero-order valence-corrected chi connectivity index (χ0v) is 13.0. The van der Waals surface area contributed by atoms with E-state index in [4.69, 9.17) is 9.84 Å². The summed E-state index contributed by atoms with van der Waals surface area (Å²) in [6.45, 7) is 7.19. The van der Waals surface area contributed by atoms with Crippen LogP contribution in [0.1, 0.15) is 37.6 Å². The molecule has 1 rings (SSSR count). The number of hydrogen-bond donors (Lipinski definition) is 2. The van der Waals surface area contributed by atoms with Gasteiger partial charge in [-0.1, -0.05) is 0 Å². The van der Waals surface area contributed by atoms with Gasteiger partial charge in [-0.3, -0.25) is 0 Å². The van der Waals surface area contributed by atoms with E-state index in [9.17, 15) is 9.59 Å². The molecule has 0 saturated carbocycles. The van der Waals surface area contributed by atoms with E-state index in [0.29, 0.717) is 12.8 Å². The summed E-state index contributed by atoms with van der Waals surface area (Å²) in [5.74, 6) is -1.05. The van der Waals surface area contributed by atoms with Gasteiger partial charge >= 0.3 is 12.1 Å². The second-order valence-corrected chi connectivity index (χ2v) is 6.60. The smallest absolute Gasteiger partial charge is 0.408 e. The monoisotopic (exact) mass is 299 g/mol. The van der Waals surface area contributed by atoms with Crippen LogP contribution in [0.5, 0.6) is 0 Å². The summed E-state index contributed by atoms with van der Waals surface area (Å²) < 4.78 is 5.07. The van der Waals surface area contributed by atoms with E-state index in [1.54, 1.807) is 32.1 Å². The number of carbonyl (C=O) groups excluding carboxylic acids is 1. The Labute approximate surface area is 123 Å². The first-order valence-electron chi connectivity index (χ1n) is 6.44. The fourth-order valence-corrected chi connectivity index (χ4v) is 2.57. The molecule has 0 saturated heterocycles. The molecule has 1 amide bonds. The van der Waals surface area contributed by atoms with Gasteiger partial charge < -0.3 is 15.2 Å². The predicted octanol–water partition coefficient (Wildman–Crippen LogP) is 2.97. The molecule has 20 heavy (non-hydrogen) atoms. The third-order valence-corrected chi connectivity index (χ3v) is 3.70. The van der Waals surface area contributed by atoms with Crippen LogP contribution in [0.3, 0.4) is 0 Å². The van der Waals surface area contributed by atoms with E-state index in [2.05, 4.69) is 5.32 Å². The highest BCUT2D eigenvalue weighted by Crippen LogP contribution is 2.18. The molecule has 6 heteroatoms. The average molecular weight is 299 g/mol. The minimum atomic E-state index is -1.05. The summed E-state index contributed by atoms with van der Waals surface area (Å²) in [6, 6.07) is 1.06. The Hall–Kier alpha value is -1.56. The van der Waals surface area contributed by atoms with E-state index in [-0.39, 0.29) is 0 Å². The van der Waals surface area contributed by atoms with Gasteiger partial charge in [0.2, 0.25) is 0 Å². The molecule has 0 aliphatic carbocycles. The van der Waals surface area contributed by atoms with Crippen molar-refractivity contribution in [2.45, 2.75) is 52.2 Å². The zero-order chi connectivity index (χ0) is 15.3. The standard InChI is InChI=1S/C14H21NO4S/c1-9-7-8-20-11(9)6-5-10(12(16)17)15-13(18)19-14(2,3)4/h7-8,10H,5-6H2,1-4H3,(H,15,18)(H,16,17)/t10-/m1/s1. The maximum absolute atomic E-state index is 11.6. The maximum atomic E-state index is 11.6. The number of nitrogens with one attached hydrogen (secondary N) is 1. The summed E-state index contributed by atoms with van der Waals surface area (Å²) in [5.41, 5.74) is 0.508. The predicted molar refractivity (Wildman–Crippen MR) is 78.2 cm³/mol. The Bertz CT molecular complexity index is 476. The van der Waals surface area contributed by atoms with E-state index in [1.165, 1.54) is 0 Å². The van der Waals surface area contributed by atoms with Crippen molar-refractivity contribution in [3.63, 3.8) is 0 Å². The second-order valence-electron chi connectivity index (χ2n) is 5.60. The number of aliphatic carboxylic acids is 1. The van der Waals surface area contributed by atoms with Crippen LogP contribution >= 0.6 is 11.3 Å². The number of amides is 1. The molecule has 2 N–H and O–H groups in total. The highest BCUT2D eigenvalue weighted by Gasteiger charge is 2.23. The average Bonchev–Trinajstić information content (AvgIpc) is 2.67. The SMILES string of the molecule is Cc1ccsc1CC[C@@H](NC(=O)OC(C)(C)C)C(=O)O. The summed E-state index contributed by atoms with van der Waals surface area (Å²) in [7, 11) is 0. The minimum Gasteiger partial charge on any atom is -0.480 e. The first-order chi connectivity index (χ1) is 9.19. The summed E-state index contributed by atoms with van der Waals surface area (Å²) in [4.78, 5) is 23.9. The Morgan fingerprint density at radius 2 is 2.10 bits per heavy atom. The molecular formula is C14H21NO4S. The van der Waals surface area contributed by atoms with E-state index >= 15 is 0 Å². The second kappa shape index (κ2) is 6.74. The fourth-order valence-electron chi connectivity index (χ4n) is 1.64. The van der Waals surface area contributed by atoms with Crippen LogP contribution in [0, 0.1) is 6.92 Å². The molecule has 1 aromatic rings. The first kappa shape index (κ1) is 16.5. The van der Waals surface area contributed by atoms with Crippen molar-refractivity contribution in [1.29, 1.82) is 0 Å². The van der Waals surface area contributed by atoms with Gasteiger partial charge in [0.05, 0.1) is 0 Å². The maximum Gasteiger partial charge on any atom is 0.408 e. The van der Waals surface area contributed by atoms with Gasteiger partial charge in [-0.2, -0.15) is 0 Å². The van der Waals surface area contributed by atoms with Gasteiger partial charge in [0, 0.05) is 4.88 Å².